The first-order chi connectivity index (χ1) is 17.7. The molecule has 0 radical (unpaired) electrons. The van der Waals surface area contributed by atoms with Gasteiger partial charge in [-0.05, 0) is 29.0 Å². The summed E-state index contributed by atoms with van der Waals surface area (Å²) in [7, 11) is 0. The van der Waals surface area contributed by atoms with E-state index in [1.54, 1.807) is 29.1 Å². The number of allylic oxidation sites excluding steroid dienone is 1. The van der Waals surface area contributed by atoms with Crippen LogP contribution in [-0.4, -0.2) is 31.1 Å². The standard InChI is InChI=1S/C29H16N4O3/c34-27-21-10-18-8-4-5-9-19(18)11-22(21)28(35)23(27)12-26-32-29-24(33(26)20-14-30-16-31-15-20)13-25(36-29)17-6-2-1-3-7-17/h1-16H. The number of Topliss-reactive ketones (excluding diaryl/α,β-unsaturated/α-hetero) is 2. The predicted octanol–water partition coefficient (Wildman–Crippen LogP) is 5.69. The van der Waals surface area contributed by atoms with Gasteiger partial charge in [-0.3, -0.25) is 14.2 Å². The van der Waals surface area contributed by atoms with Crippen molar-refractivity contribution in [2.24, 2.45) is 0 Å². The van der Waals surface area contributed by atoms with Crippen molar-refractivity contribution < 1.29 is 14.0 Å². The molecule has 3 aromatic carbocycles. The predicted molar refractivity (Wildman–Crippen MR) is 135 cm³/mol. The smallest absolute Gasteiger partial charge is 0.246 e. The van der Waals surface area contributed by atoms with E-state index in [0.717, 1.165) is 16.3 Å². The SMILES string of the molecule is O=C1C(=Cc2nc3oc(-c4ccccc4)cc3n2-c2cncnc2)C(=O)c2cc3ccccc3cc21. The maximum atomic E-state index is 13.3. The Bertz CT molecular complexity index is 1810. The third-order valence-electron chi connectivity index (χ3n) is 6.38. The summed E-state index contributed by atoms with van der Waals surface area (Å²) < 4.78 is 7.85. The molecule has 0 saturated carbocycles. The Kier molecular flexibility index (Phi) is 4.31. The number of ketones is 2. The summed E-state index contributed by atoms with van der Waals surface area (Å²) in [5.74, 6) is 0.402. The molecule has 7 nitrogen and oxygen atoms in total. The normalized spacial score (nSPS) is 13.1. The van der Waals surface area contributed by atoms with Gasteiger partial charge in [0, 0.05) is 22.8 Å². The van der Waals surface area contributed by atoms with Crippen molar-refractivity contribution >= 4 is 39.6 Å². The van der Waals surface area contributed by atoms with E-state index in [4.69, 9.17) is 4.42 Å². The van der Waals surface area contributed by atoms with Crippen molar-refractivity contribution in [1.82, 2.24) is 19.5 Å². The molecule has 1 aliphatic carbocycles. The van der Waals surface area contributed by atoms with Gasteiger partial charge < -0.3 is 4.42 Å². The van der Waals surface area contributed by atoms with Crippen LogP contribution in [0.3, 0.4) is 0 Å². The zero-order valence-corrected chi connectivity index (χ0v) is 18.8. The zero-order valence-electron chi connectivity index (χ0n) is 18.8. The number of imidazole rings is 1. The van der Waals surface area contributed by atoms with Gasteiger partial charge >= 0.3 is 0 Å². The van der Waals surface area contributed by atoms with Gasteiger partial charge in [-0.15, -0.1) is 0 Å². The van der Waals surface area contributed by atoms with Crippen LogP contribution < -0.4 is 0 Å². The first-order valence-corrected chi connectivity index (χ1v) is 11.3. The van der Waals surface area contributed by atoms with Gasteiger partial charge in [-0.1, -0.05) is 54.6 Å². The summed E-state index contributed by atoms with van der Waals surface area (Å²) in [4.78, 5) is 39.6. The fourth-order valence-corrected chi connectivity index (χ4v) is 4.68. The fraction of sp³-hybridized carbons (Fsp3) is 0. The second-order valence-electron chi connectivity index (χ2n) is 8.53. The number of fused-ring (bicyclic) bond motifs is 3. The van der Waals surface area contributed by atoms with Gasteiger partial charge in [-0.2, -0.15) is 4.98 Å². The Hall–Kier alpha value is -5.17. The summed E-state index contributed by atoms with van der Waals surface area (Å²) in [5.41, 5.74) is 3.47. The molecule has 6 aromatic rings. The fourth-order valence-electron chi connectivity index (χ4n) is 4.68. The lowest BCUT2D eigenvalue weighted by atomic mass is 10.0. The van der Waals surface area contributed by atoms with E-state index >= 15 is 0 Å². The Labute approximate surface area is 204 Å². The van der Waals surface area contributed by atoms with E-state index in [1.807, 2.05) is 60.7 Å². The van der Waals surface area contributed by atoms with E-state index in [1.165, 1.54) is 12.4 Å². The van der Waals surface area contributed by atoms with E-state index in [0.29, 0.717) is 39.6 Å². The Morgan fingerprint density at radius 1 is 0.778 bits per heavy atom. The molecule has 0 N–H and O–H groups in total. The maximum absolute atomic E-state index is 13.3. The van der Waals surface area contributed by atoms with E-state index in [2.05, 4.69) is 15.0 Å². The molecule has 0 bridgehead atoms. The first kappa shape index (κ1) is 20.2. The topological polar surface area (TPSA) is 90.9 Å². The number of hydrogen-bond donors (Lipinski definition) is 0. The van der Waals surface area contributed by atoms with Crippen LogP contribution in [0.1, 0.15) is 26.5 Å². The molecule has 36 heavy (non-hydrogen) atoms. The number of benzene rings is 3. The van der Waals surface area contributed by atoms with Gasteiger partial charge in [0.05, 0.1) is 23.7 Å². The lowest BCUT2D eigenvalue weighted by molar-refractivity contribution is 0.0990. The van der Waals surface area contributed by atoms with Crippen LogP contribution in [0.4, 0.5) is 0 Å². The van der Waals surface area contributed by atoms with Gasteiger partial charge in [0.2, 0.25) is 5.71 Å². The van der Waals surface area contributed by atoms with E-state index in [-0.39, 0.29) is 17.1 Å². The lowest BCUT2D eigenvalue weighted by Gasteiger charge is -2.05. The monoisotopic (exact) mass is 468 g/mol. The molecular formula is C29H16N4O3. The number of furan rings is 1. The van der Waals surface area contributed by atoms with Crippen molar-refractivity contribution in [2.45, 2.75) is 0 Å². The average Bonchev–Trinajstić information content (AvgIpc) is 3.55. The minimum atomic E-state index is -0.318. The molecule has 3 aromatic heterocycles. The highest BCUT2D eigenvalue weighted by Gasteiger charge is 2.34. The molecule has 0 atom stereocenters. The summed E-state index contributed by atoms with van der Waals surface area (Å²) in [6, 6.07) is 22.8. The van der Waals surface area contributed by atoms with Crippen LogP contribution >= 0.6 is 0 Å². The molecule has 0 spiro atoms. The highest BCUT2D eigenvalue weighted by atomic mass is 16.3. The zero-order chi connectivity index (χ0) is 24.2. The van der Waals surface area contributed by atoms with Crippen LogP contribution in [0, 0.1) is 0 Å². The molecule has 0 unspecified atom stereocenters. The molecule has 0 fully saturated rings. The Morgan fingerprint density at radius 2 is 1.42 bits per heavy atom. The third-order valence-corrected chi connectivity index (χ3v) is 6.38. The number of carbonyl (C=O) groups excluding carboxylic acids is 2. The largest absolute Gasteiger partial charge is 0.436 e. The average molecular weight is 468 g/mol. The van der Waals surface area contributed by atoms with Crippen molar-refractivity contribution in [3.8, 4) is 17.0 Å². The van der Waals surface area contributed by atoms with E-state index in [9.17, 15) is 9.59 Å². The molecule has 0 saturated heterocycles. The van der Waals surface area contributed by atoms with Gasteiger partial charge in [0.15, 0.2) is 11.6 Å². The minimum absolute atomic E-state index is 0.0642. The number of carbonyl (C=O) groups is 2. The van der Waals surface area contributed by atoms with Crippen molar-refractivity contribution in [3.63, 3.8) is 0 Å². The van der Waals surface area contributed by atoms with Crippen LogP contribution in [0.25, 0.3) is 45.1 Å². The van der Waals surface area contributed by atoms with Crippen LogP contribution in [0.15, 0.2) is 102 Å². The van der Waals surface area contributed by atoms with Crippen molar-refractivity contribution in [2.75, 3.05) is 0 Å². The molecule has 7 rings (SSSR count). The van der Waals surface area contributed by atoms with Gasteiger partial charge in [0.25, 0.3) is 0 Å². The number of aromatic nitrogens is 4. The van der Waals surface area contributed by atoms with Gasteiger partial charge in [0.1, 0.15) is 23.4 Å². The van der Waals surface area contributed by atoms with Crippen LogP contribution in [-0.2, 0) is 0 Å². The second kappa shape index (κ2) is 7.68. The summed E-state index contributed by atoms with van der Waals surface area (Å²) in [5, 5.41) is 1.82. The molecular weight excluding hydrogens is 452 g/mol. The number of rotatable bonds is 3. The highest BCUT2D eigenvalue weighted by molar-refractivity contribution is 6.42. The van der Waals surface area contributed by atoms with Crippen LogP contribution in [0.5, 0.6) is 0 Å². The molecule has 7 heteroatoms. The first-order valence-electron chi connectivity index (χ1n) is 11.3. The summed E-state index contributed by atoms with van der Waals surface area (Å²) in [6.07, 6.45) is 6.25. The second-order valence-corrected chi connectivity index (χ2v) is 8.53. The van der Waals surface area contributed by atoms with Gasteiger partial charge in [-0.25, -0.2) is 9.97 Å². The lowest BCUT2D eigenvalue weighted by Crippen LogP contribution is -2.04. The number of nitrogens with zero attached hydrogens (tertiary/aromatic N) is 4. The van der Waals surface area contributed by atoms with E-state index < -0.39 is 0 Å². The molecule has 3 heterocycles. The maximum Gasteiger partial charge on any atom is 0.246 e. The molecule has 1 aliphatic rings. The minimum Gasteiger partial charge on any atom is -0.436 e. The molecule has 0 aliphatic heterocycles. The number of hydrogen-bond acceptors (Lipinski definition) is 6. The molecule has 0 amide bonds. The molecule has 170 valence electrons. The van der Waals surface area contributed by atoms with Crippen molar-refractivity contribution in [1.29, 1.82) is 0 Å². The van der Waals surface area contributed by atoms with Crippen LogP contribution in [0.2, 0.25) is 0 Å². The highest BCUT2D eigenvalue weighted by Crippen LogP contribution is 2.34. The summed E-state index contributed by atoms with van der Waals surface area (Å²) in [6.45, 7) is 0. The third kappa shape index (κ3) is 3.03. The Morgan fingerprint density at radius 3 is 2.08 bits per heavy atom. The summed E-state index contributed by atoms with van der Waals surface area (Å²) >= 11 is 0. The van der Waals surface area contributed by atoms with Crippen molar-refractivity contribution in [3.05, 3.63) is 114 Å². The Balaban J connectivity index is 1.40. The quantitative estimate of drug-likeness (QED) is 0.245.